The van der Waals surface area contributed by atoms with Gasteiger partial charge in [-0.3, -0.25) is 0 Å². The summed E-state index contributed by atoms with van der Waals surface area (Å²) >= 11 is 0. The van der Waals surface area contributed by atoms with Crippen molar-refractivity contribution in [1.29, 1.82) is 5.26 Å². The highest BCUT2D eigenvalue weighted by molar-refractivity contribution is 7.88. The molecule has 0 heterocycles. The predicted molar refractivity (Wildman–Crippen MR) is 78.3 cm³/mol. The van der Waals surface area contributed by atoms with E-state index in [1.165, 1.54) is 0 Å². The van der Waals surface area contributed by atoms with Crippen molar-refractivity contribution in [3.63, 3.8) is 0 Å². The first-order valence-corrected chi connectivity index (χ1v) is 8.56. The van der Waals surface area contributed by atoms with Gasteiger partial charge in [-0.2, -0.15) is 5.26 Å². The fraction of sp³-hybridized carbons (Fsp3) is 0.533. The van der Waals surface area contributed by atoms with Crippen LogP contribution in [0.2, 0.25) is 0 Å². The van der Waals surface area contributed by atoms with E-state index in [0.29, 0.717) is 23.0 Å². The summed E-state index contributed by atoms with van der Waals surface area (Å²) in [7, 11) is -3.41. The molecule has 1 saturated carbocycles. The lowest BCUT2D eigenvalue weighted by atomic mass is 9.98. The zero-order valence-electron chi connectivity index (χ0n) is 11.8. The van der Waals surface area contributed by atoms with Crippen LogP contribution in [-0.4, -0.2) is 14.5 Å². The molecular formula is C15H20N2O2S. The van der Waals surface area contributed by atoms with E-state index >= 15 is 0 Å². The van der Waals surface area contributed by atoms with Crippen LogP contribution in [0.4, 0.5) is 0 Å². The Labute approximate surface area is 120 Å². The van der Waals surface area contributed by atoms with Crippen LogP contribution in [0, 0.1) is 23.2 Å². The normalized spacial score (nSPS) is 26.4. The van der Waals surface area contributed by atoms with Gasteiger partial charge in [-0.05, 0) is 36.3 Å². The Morgan fingerprint density at radius 1 is 1.30 bits per heavy atom. The molecule has 0 saturated heterocycles. The number of rotatable bonds is 4. The average Bonchev–Trinajstić information content (AvgIpc) is 2.70. The van der Waals surface area contributed by atoms with Gasteiger partial charge in [-0.15, -0.1) is 0 Å². The largest absolute Gasteiger partial charge is 0.216 e. The lowest BCUT2D eigenvalue weighted by Gasteiger charge is -2.19. The van der Waals surface area contributed by atoms with Crippen LogP contribution in [-0.2, 0) is 15.8 Å². The molecule has 0 radical (unpaired) electrons. The molecule has 0 spiro atoms. The Hall–Kier alpha value is -1.38. The molecule has 3 atom stereocenters. The summed E-state index contributed by atoms with van der Waals surface area (Å²) in [6.07, 6.45) is 1.95. The Kier molecular flexibility index (Phi) is 4.46. The van der Waals surface area contributed by atoms with Gasteiger partial charge in [-0.25, -0.2) is 13.1 Å². The molecule has 1 fully saturated rings. The molecular weight excluding hydrogens is 272 g/mol. The quantitative estimate of drug-likeness (QED) is 0.926. The van der Waals surface area contributed by atoms with Gasteiger partial charge < -0.3 is 0 Å². The van der Waals surface area contributed by atoms with Crippen LogP contribution in [0.3, 0.4) is 0 Å². The monoisotopic (exact) mass is 292 g/mol. The first kappa shape index (κ1) is 15.0. The van der Waals surface area contributed by atoms with E-state index < -0.39 is 10.0 Å². The first-order chi connectivity index (χ1) is 9.43. The minimum Gasteiger partial charge on any atom is -0.212 e. The van der Waals surface area contributed by atoms with Gasteiger partial charge in [-0.1, -0.05) is 32.0 Å². The third kappa shape index (κ3) is 3.38. The topological polar surface area (TPSA) is 70.0 Å². The molecule has 3 unspecified atom stereocenters. The maximum atomic E-state index is 12.3. The summed E-state index contributed by atoms with van der Waals surface area (Å²) in [5, 5.41) is 9.01. The van der Waals surface area contributed by atoms with Crippen molar-refractivity contribution in [2.24, 2.45) is 11.8 Å². The van der Waals surface area contributed by atoms with Gasteiger partial charge in [0, 0.05) is 6.04 Å². The molecule has 5 heteroatoms. The van der Waals surface area contributed by atoms with Crippen LogP contribution < -0.4 is 4.72 Å². The predicted octanol–water partition coefficient (Wildman–Crippen LogP) is 2.41. The van der Waals surface area contributed by atoms with E-state index in [9.17, 15) is 8.42 Å². The third-order valence-electron chi connectivity index (χ3n) is 4.28. The second-order valence-corrected chi connectivity index (χ2v) is 7.42. The van der Waals surface area contributed by atoms with Gasteiger partial charge in [0.1, 0.15) is 0 Å². The van der Waals surface area contributed by atoms with Crippen molar-refractivity contribution in [3.05, 3.63) is 35.4 Å². The number of nitrogens with zero attached hydrogens (tertiary/aromatic N) is 1. The van der Waals surface area contributed by atoms with Crippen LogP contribution in [0.25, 0.3) is 0 Å². The van der Waals surface area contributed by atoms with E-state index in [1.54, 1.807) is 24.3 Å². The molecule has 0 aliphatic heterocycles. The summed E-state index contributed by atoms with van der Waals surface area (Å²) in [5.41, 5.74) is 0.979. The average molecular weight is 292 g/mol. The van der Waals surface area contributed by atoms with Crippen LogP contribution in [0.5, 0.6) is 0 Å². The zero-order valence-corrected chi connectivity index (χ0v) is 12.7. The smallest absolute Gasteiger partial charge is 0.212 e. The molecule has 0 amide bonds. The van der Waals surface area contributed by atoms with Crippen LogP contribution in [0.1, 0.15) is 37.8 Å². The lowest BCUT2D eigenvalue weighted by Crippen LogP contribution is -2.38. The van der Waals surface area contributed by atoms with E-state index in [1.807, 2.05) is 6.07 Å². The molecule has 1 aromatic rings. The highest BCUT2D eigenvalue weighted by Crippen LogP contribution is 2.31. The van der Waals surface area contributed by atoms with E-state index in [-0.39, 0.29) is 11.8 Å². The minimum atomic E-state index is -3.41. The molecule has 0 aromatic heterocycles. The number of sulfonamides is 1. The maximum Gasteiger partial charge on any atom is 0.216 e. The highest BCUT2D eigenvalue weighted by Gasteiger charge is 2.32. The molecule has 1 aromatic carbocycles. The summed E-state index contributed by atoms with van der Waals surface area (Å²) in [4.78, 5) is 0. The van der Waals surface area contributed by atoms with Gasteiger partial charge in [0.05, 0.1) is 17.4 Å². The van der Waals surface area contributed by atoms with Crippen molar-refractivity contribution in [1.82, 2.24) is 4.72 Å². The van der Waals surface area contributed by atoms with E-state index in [4.69, 9.17) is 5.26 Å². The molecule has 4 nitrogen and oxygen atoms in total. The molecule has 1 aliphatic rings. The molecule has 1 aliphatic carbocycles. The fourth-order valence-electron chi connectivity index (χ4n) is 2.76. The summed E-state index contributed by atoms with van der Waals surface area (Å²) in [6.45, 7) is 4.25. The number of benzene rings is 1. The minimum absolute atomic E-state index is 0.0178. The summed E-state index contributed by atoms with van der Waals surface area (Å²) in [6, 6.07) is 8.88. The molecule has 2 rings (SSSR count). The Bertz CT molecular complexity index is 619. The Balaban J connectivity index is 2.10. The van der Waals surface area contributed by atoms with Crippen molar-refractivity contribution in [2.45, 2.75) is 38.5 Å². The van der Waals surface area contributed by atoms with Gasteiger partial charge in [0.25, 0.3) is 0 Å². The van der Waals surface area contributed by atoms with Gasteiger partial charge in [0.2, 0.25) is 10.0 Å². The standard InChI is InChI=1S/C15H20N2O2S/c1-11-7-8-15(12(11)2)17-20(18,19)10-14-6-4-3-5-13(14)9-16/h3-6,11-12,15,17H,7-8,10H2,1-2H3. The number of hydrogen-bond acceptors (Lipinski definition) is 3. The SMILES string of the molecule is CC1CCC(NS(=O)(=O)Cc2ccccc2C#N)C1C. The Morgan fingerprint density at radius 2 is 2.00 bits per heavy atom. The first-order valence-electron chi connectivity index (χ1n) is 6.91. The second kappa shape index (κ2) is 5.94. The van der Waals surface area contributed by atoms with Crippen molar-refractivity contribution in [3.8, 4) is 6.07 Å². The molecule has 108 valence electrons. The number of hydrogen-bond donors (Lipinski definition) is 1. The lowest BCUT2D eigenvalue weighted by molar-refractivity contribution is 0.402. The maximum absolute atomic E-state index is 12.3. The molecule has 0 bridgehead atoms. The number of nitriles is 1. The second-order valence-electron chi connectivity index (χ2n) is 5.67. The Morgan fingerprint density at radius 3 is 2.60 bits per heavy atom. The van der Waals surface area contributed by atoms with Crippen LogP contribution >= 0.6 is 0 Å². The fourth-order valence-corrected chi connectivity index (χ4v) is 4.30. The van der Waals surface area contributed by atoms with E-state index in [2.05, 4.69) is 18.6 Å². The summed E-state index contributed by atoms with van der Waals surface area (Å²) in [5.74, 6) is 0.777. The van der Waals surface area contributed by atoms with Crippen LogP contribution in [0.15, 0.2) is 24.3 Å². The number of nitrogens with one attached hydrogen (secondary N) is 1. The molecule has 1 N–H and O–H groups in total. The highest BCUT2D eigenvalue weighted by atomic mass is 32.2. The van der Waals surface area contributed by atoms with Crippen molar-refractivity contribution < 1.29 is 8.42 Å². The van der Waals surface area contributed by atoms with Gasteiger partial charge >= 0.3 is 0 Å². The summed E-state index contributed by atoms with van der Waals surface area (Å²) < 4.78 is 27.3. The van der Waals surface area contributed by atoms with Gasteiger partial charge in [0.15, 0.2) is 0 Å². The third-order valence-corrected chi connectivity index (χ3v) is 5.63. The zero-order chi connectivity index (χ0) is 14.8. The van der Waals surface area contributed by atoms with E-state index in [0.717, 1.165) is 12.8 Å². The van der Waals surface area contributed by atoms with Crippen molar-refractivity contribution in [2.75, 3.05) is 0 Å². The molecule has 20 heavy (non-hydrogen) atoms. The van der Waals surface area contributed by atoms with Crippen molar-refractivity contribution >= 4 is 10.0 Å².